The Labute approximate surface area is 122 Å². The number of nitrogen functional groups attached to an aromatic ring is 1. The van der Waals surface area contributed by atoms with Crippen LogP contribution in [-0.2, 0) is 11.3 Å². The maximum Gasteiger partial charge on any atom is 0.158 e. The number of nitrogens with two attached hydrogens (primary N) is 1. The first-order valence-corrected chi connectivity index (χ1v) is 6.58. The maximum absolute atomic E-state index is 13.8. The molecule has 4 N–H and O–H groups in total. The Kier molecular flexibility index (Phi) is 5.02. The van der Waals surface area contributed by atoms with Gasteiger partial charge in [0.2, 0.25) is 0 Å². The number of nitrogens with one attached hydrogen (secondary N) is 2. The van der Waals surface area contributed by atoms with Gasteiger partial charge in [-0.3, -0.25) is 0 Å². The number of nitrogens with zero attached hydrogens (tertiary/aromatic N) is 2. The summed E-state index contributed by atoms with van der Waals surface area (Å²) in [7, 11) is 0. The van der Waals surface area contributed by atoms with E-state index in [0.717, 1.165) is 5.56 Å². The van der Waals surface area contributed by atoms with Gasteiger partial charge >= 0.3 is 0 Å². The number of aromatic nitrogens is 2. The van der Waals surface area contributed by atoms with Crippen molar-refractivity contribution in [2.75, 3.05) is 17.3 Å². The Balaban J connectivity index is 2.27. The summed E-state index contributed by atoms with van der Waals surface area (Å²) in [6, 6.07) is 6.41. The molecule has 1 aromatic carbocycles. The molecule has 1 heterocycles. The topological polar surface area (TPSA) is 85.1 Å². The van der Waals surface area contributed by atoms with E-state index in [-0.39, 0.29) is 12.4 Å². The van der Waals surface area contributed by atoms with Crippen LogP contribution in [0.1, 0.15) is 18.3 Å². The molecule has 0 fully saturated rings. The molecular formula is C14H18FN5O. The van der Waals surface area contributed by atoms with Gasteiger partial charge in [-0.15, -0.1) is 0 Å². The lowest BCUT2D eigenvalue weighted by Crippen LogP contribution is -2.12. The molecule has 0 aliphatic heterocycles. The van der Waals surface area contributed by atoms with Crippen LogP contribution in [0.15, 0.2) is 24.3 Å². The summed E-state index contributed by atoms with van der Waals surface area (Å²) in [5.41, 5.74) is 3.75. The van der Waals surface area contributed by atoms with Crippen LogP contribution in [0.2, 0.25) is 0 Å². The highest BCUT2D eigenvalue weighted by Gasteiger charge is 2.07. The number of anilines is 3. The summed E-state index contributed by atoms with van der Waals surface area (Å²) >= 11 is 0. The lowest BCUT2D eigenvalue weighted by atomic mass is 10.2. The number of rotatable bonds is 6. The van der Waals surface area contributed by atoms with Gasteiger partial charge in [0.25, 0.3) is 0 Å². The molecule has 112 valence electrons. The highest BCUT2D eigenvalue weighted by Crippen LogP contribution is 2.21. The second-order valence-electron chi connectivity index (χ2n) is 4.44. The van der Waals surface area contributed by atoms with E-state index in [1.165, 1.54) is 6.07 Å². The van der Waals surface area contributed by atoms with Gasteiger partial charge in [0, 0.05) is 12.7 Å². The molecule has 0 unspecified atom stereocenters. The average molecular weight is 291 g/mol. The lowest BCUT2D eigenvalue weighted by molar-refractivity contribution is 0.128. The minimum atomic E-state index is -0.354. The monoisotopic (exact) mass is 291 g/mol. The molecule has 0 spiro atoms. The molecule has 2 rings (SSSR count). The Bertz CT molecular complexity index is 620. The first-order valence-electron chi connectivity index (χ1n) is 6.58. The van der Waals surface area contributed by atoms with Gasteiger partial charge < -0.3 is 15.5 Å². The third-order valence-corrected chi connectivity index (χ3v) is 2.74. The molecule has 0 bridgehead atoms. The maximum atomic E-state index is 13.8. The minimum absolute atomic E-state index is 0.261. The number of hydrogen-bond acceptors (Lipinski definition) is 6. The van der Waals surface area contributed by atoms with Crippen molar-refractivity contribution in [1.29, 1.82) is 0 Å². The van der Waals surface area contributed by atoms with Crippen molar-refractivity contribution in [3.63, 3.8) is 0 Å². The number of hydrazine groups is 1. The summed E-state index contributed by atoms with van der Waals surface area (Å²) in [4.78, 5) is 8.44. The second-order valence-corrected chi connectivity index (χ2v) is 4.44. The van der Waals surface area contributed by atoms with E-state index < -0.39 is 0 Å². The van der Waals surface area contributed by atoms with Gasteiger partial charge in [-0.05, 0) is 31.5 Å². The Morgan fingerprint density at radius 3 is 2.71 bits per heavy atom. The number of halogens is 1. The largest absolute Gasteiger partial charge is 0.374 e. The number of hydrogen-bond donors (Lipinski definition) is 3. The normalized spacial score (nSPS) is 10.5. The summed E-state index contributed by atoms with van der Waals surface area (Å²) in [5.74, 6) is 6.36. The van der Waals surface area contributed by atoms with Gasteiger partial charge in [-0.2, -0.15) is 0 Å². The van der Waals surface area contributed by atoms with Gasteiger partial charge in [0.1, 0.15) is 24.1 Å². The second kappa shape index (κ2) is 6.96. The predicted octanol–water partition coefficient (Wildman–Crippen LogP) is 2.49. The molecule has 0 amide bonds. The van der Waals surface area contributed by atoms with Crippen molar-refractivity contribution < 1.29 is 9.13 Å². The number of benzene rings is 1. The predicted molar refractivity (Wildman–Crippen MR) is 79.6 cm³/mol. The number of aryl methyl sites for hydroxylation is 1. The highest BCUT2D eigenvalue weighted by molar-refractivity contribution is 5.60. The van der Waals surface area contributed by atoms with Crippen LogP contribution in [0, 0.1) is 12.7 Å². The van der Waals surface area contributed by atoms with Crippen molar-refractivity contribution in [2.45, 2.75) is 20.5 Å². The van der Waals surface area contributed by atoms with Crippen LogP contribution in [0.25, 0.3) is 0 Å². The van der Waals surface area contributed by atoms with E-state index in [0.29, 0.717) is 29.8 Å². The molecule has 0 atom stereocenters. The van der Waals surface area contributed by atoms with E-state index in [1.807, 2.05) is 13.8 Å². The van der Waals surface area contributed by atoms with Crippen molar-refractivity contribution in [3.8, 4) is 0 Å². The van der Waals surface area contributed by atoms with Crippen molar-refractivity contribution in [3.05, 3.63) is 41.5 Å². The molecule has 7 heteroatoms. The van der Waals surface area contributed by atoms with E-state index in [2.05, 4.69) is 20.7 Å². The van der Waals surface area contributed by atoms with Crippen LogP contribution in [0.4, 0.5) is 21.7 Å². The van der Waals surface area contributed by atoms with Crippen LogP contribution >= 0.6 is 0 Å². The molecule has 21 heavy (non-hydrogen) atoms. The minimum Gasteiger partial charge on any atom is -0.374 e. The van der Waals surface area contributed by atoms with Gasteiger partial charge in [0.15, 0.2) is 5.82 Å². The summed E-state index contributed by atoms with van der Waals surface area (Å²) in [6.07, 6.45) is 0. The lowest BCUT2D eigenvalue weighted by Gasteiger charge is -2.11. The SMILES string of the molecule is CCOCc1nc(NN)cc(Nc2cc(C)ccc2F)n1. The molecule has 6 nitrogen and oxygen atoms in total. The molecule has 0 radical (unpaired) electrons. The zero-order valence-electron chi connectivity index (χ0n) is 12.0. The summed E-state index contributed by atoms with van der Waals surface area (Å²) < 4.78 is 19.0. The molecular weight excluding hydrogens is 273 g/mol. The van der Waals surface area contributed by atoms with Crippen LogP contribution in [-0.4, -0.2) is 16.6 Å². The van der Waals surface area contributed by atoms with Gasteiger partial charge in [-0.1, -0.05) is 6.07 Å². The Morgan fingerprint density at radius 2 is 2.00 bits per heavy atom. The first-order chi connectivity index (χ1) is 10.1. The van der Waals surface area contributed by atoms with Gasteiger partial charge in [0.05, 0.1) is 5.69 Å². The van der Waals surface area contributed by atoms with Crippen molar-refractivity contribution >= 4 is 17.3 Å². The summed E-state index contributed by atoms with van der Waals surface area (Å²) in [5, 5.41) is 2.93. The van der Waals surface area contributed by atoms with Crippen molar-refractivity contribution in [2.24, 2.45) is 5.84 Å². The van der Waals surface area contributed by atoms with E-state index in [9.17, 15) is 4.39 Å². The molecule has 0 saturated heterocycles. The van der Waals surface area contributed by atoms with E-state index in [4.69, 9.17) is 10.6 Å². The van der Waals surface area contributed by atoms with E-state index in [1.54, 1.807) is 18.2 Å². The third kappa shape index (κ3) is 4.11. The summed E-state index contributed by atoms with van der Waals surface area (Å²) in [6.45, 7) is 4.58. The van der Waals surface area contributed by atoms with E-state index >= 15 is 0 Å². The third-order valence-electron chi connectivity index (χ3n) is 2.74. The molecule has 0 saturated carbocycles. The first kappa shape index (κ1) is 15.1. The van der Waals surface area contributed by atoms with Crippen molar-refractivity contribution in [1.82, 2.24) is 9.97 Å². The molecule has 0 aliphatic carbocycles. The smallest absolute Gasteiger partial charge is 0.158 e. The fourth-order valence-electron chi connectivity index (χ4n) is 1.77. The van der Waals surface area contributed by atoms with Crippen LogP contribution < -0.4 is 16.6 Å². The fourth-order valence-corrected chi connectivity index (χ4v) is 1.77. The average Bonchev–Trinajstić information content (AvgIpc) is 2.48. The number of ether oxygens (including phenoxy) is 1. The Hall–Kier alpha value is -2.25. The van der Waals surface area contributed by atoms with Crippen LogP contribution in [0.5, 0.6) is 0 Å². The molecule has 2 aromatic rings. The zero-order chi connectivity index (χ0) is 15.2. The zero-order valence-corrected chi connectivity index (χ0v) is 12.0. The molecule has 1 aromatic heterocycles. The van der Waals surface area contributed by atoms with Crippen LogP contribution in [0.3, 0.4) is 0 Å². The quantitative estimate of drug-likeness (QED) is 0.560. The molecule has 0 aliphatic rings. The Morgan fingerprint density at radius 1 is 1.24 bits per heavy atom. The fraction of sp³-hybridized carbons (Fsp3) is 0.286. The highest BCUT2D eigenvalue weighted by atomic mass is 19.1. The van der Waals surface area contributed by atoms with Gasteiger partial charge in [-0.25, -0.2) is 20.2 Å². The standard InChI is InChI=1S/C14H18FN5O/c1-3-21-8-14-18-12(7-13(19-14)20-16)17-11-6-9(2)4-5-10(11)15/h4-7H,3,8,16H2,1-2H3,(H2,17,18,19,20).